The lowest BCUT2D eigenvalue weighted by Gasteiger charge is -2.30. The molecule has 1 atom stereocenters. The number of halogens is 1. The summed E-state index contributed by atoms with van der Waals surface area (Å²) in [5.74, 6) is -1.19. The van der Waals surface area contributed by atoms with Crippen LogP contribution in [0.3, 0.4) is 0 Å². The summed E-state index contributed by atoms with van der Waals surface area (Å²) in [4.78, 5) is 20.5. The van der Waals surface area contributed by atoms with Crippen LogP contribution in [0.15, 0.2) is 6.20 Å². The predicted octanol–water partition coefficient (Wildman–Crippen LogP) is 1.14. The fourth-order valence-corrected chi connectivity index (χ4v) is 1.95. The Morgan fingerprint density at radius 2 is 2.35 bits per heavy atom. The van der Waals surface area contributed by atoms with E-state index >= 15 is 0 Å². The summed E-state index contributed by atoms with van der Waals surface area (Å²) in [7, 11) is 0. The Morgan fingerprint density at radius 1 is 1.59 bits per heavy atom. The van der Waals surface area contributed by atoms with E-state index in [0.29, 0.717) is 25.5 Å². The minimum absolute atomic E-state index is 0.0838. The standard InChI is InChI=1S/C10H12ClN3O3/c11-7-4-12-10(13-8(7)15)14-3-1-2-6(5-14)9(16)17/h4,6H,1-3,5H2,(H,16,17)(H,12,13,15)/t6-/m1/s1. The van der Waals surface area contributed by atoms with Gasteiger partial charge in [0.15, 0.2) is 0 Å². The van der Waals surface area contributed by atoms with Gasteiger partial charge < -0.3 is 15.1 Å². The molecule has 17 heavy (non-hydrogen) atoms. The van der Waals surface area contributed by atoms with Gasteiger partial charge in [-0.3, -0.25) is 4.79 Å². The molecule has 1 saturated heterocycles. The number of carbonyl (C=O) groups is 1. The van der Waals surface area contributed by atoms with Crippen molar-refractivity contribution in [2.45, 2.75) is 12.8 Å². The van der Waals surface area contributed by atoms with Gasteiger partial charge in [0.2, 0.25) is 11.8 Å². The summed E-state index contributed by atoms with van der Waals surface area (Å²) in [6.07, 6.45) is 2.73. The summed E-state index contributed by atoms with van der Waals surface area (Å²) in [5.41, 5.74) is 0. The average molecular weight is 258 g/mol. The van der Waals surface area contributed by atoms with E-state index in [1.807, 2.05) is 0 Å². The Morgan fingerprint density at radius 3 is 3.00 bits per heavy atom. The molecule has 92 valence electrons. The van der Waals surface area contributed by atoms with Gasteiger partial charge in [-0.05, 0) is 12.8 Å². The number of hydrogen-bond donors (Lipinski definition) is 2. The first kappa shape index (κ1) is 11.9. The number of nitrogens with zero attached hydrogens (tertiary/aromatic N) is 3. The Kier molecular flexibility index (Phi) is 3.33. The molecule has 1 aromatic heterocycles. The van der Waals surface area contributed by atoms with E-state index in [0.717, 1.165) is 6.42 Å². The molecule has 0 unspecified atom stereocenters. The van der Waals surface area contributed by atoms with E-state index in [-0.39, 0.29) is 10.9 Å². The van der Waals surface area contributed by atoms with Crippen LogP contribution in [0.2, 0.25) is 5.02 Å². The predicted molar refractivity (Wildman–Crippen MR) is 61.3 cm³/mol. The van der Waals surface area contributed by atoms with Crippen LogP contribution in [-0.2, 0) is 4.79 Å². The summed E-state index contributed by atoms with van der Waals surface area (Å²) < 4.78 is 0. The van der Waals surface area contributed by atoms with Crippen molar-refractivity contribution in [3.63, 3.8) is 0 Å². The highest BCUT2D eigenvalue weighted by molar-refractivity contribution is 6.31. The van der Waals surface area contributed by atoms with Gasteiger partial charge in [0, 0.05) is 13.1 Å². The smallest absolute Gasteiger partial charge is 0.308 e. The van der Waals surface area contributed by atoms with Crippen LogP contribution in [0.4, 0.5) is 5.95 Å². The van der Waals surface area contributed by atoms with E-state index < -0.39 is 11.9 Å². The summed E-state index contributed by atoms with van der Waals surface area (Å²) in [6.45, 7) is 1.04. The molecule has 6 nitrogen and oxygen atoms in total. The highest BCUT2D eigenvalue weighted by Gasteiger charge is 2.27. The zero-order valence-corrected chi connectivity index (χ0v) is 9.76. The minimum Gasteiger partial charge on any atom is -0.492 e. The molecule has 0 saturated carbocycles. The van der Waals surface area contributed by atoms with E-state index in [1.165, 1.54) is 6.20 Å². The Hall–Kier alpha value is -1.56. The molecule has 1 aliphatic heterocycles. The van der Waals surface area contributed by atoms with Gasteiger partial charge >= 0.3 is 5.97 Å². The van der Waals surface area contributed by atoms with Crippen LogP contribution in [0.1, 0.15) is 12.8 Å². The summed E-state index contributed by atoms with van der Waals surface area (Å²) >= 11 is 5.61. The van der Waals surface area contributed by atoms with Crippen molar-refractivity contribution in [1.82, 2.24) is 9.97 Å². The zero-order valence-electron chi connectivity index (χ0n) is 9.01. The third kappa shape index (κ3) is 2.58. The van der Waals surface area contributed by atoms with Crippen LogP contribution in [0.5, 0.6) is 5.88 Å². The maximum Gasteiger partial charge on any atom is 0.308 e. The third-order valence-corrected chi connectivity index (χ3v) is 3.03. The van der Waals surface area contributed by atoms with E-state index in [1.54, 1.807) is 4.90 Å². The Balaban J connectivity index is 2.16. The van der Waals surface area contributed by atoms with Crippen LogP contribution in [0.25, 0.3) is 0 Å². The van der Waals surface area contributed by atoms with Gasteiger partial charge in [-0.25, -0.2) is 4.98 Å². The number of aliphatic carboxylic acids is 1. The first-order valence-corrected chi connectivity index (χ1v) is 5.65. The highest BCUT2D eigenvalue weighted by Crippen LogP contribution is 2.25. The molecule has 1 fully saturated rings. The third-order valence-electron chi connectivity index (χ3n) is 2.77. The lowest BCUT2D eigenvalue weighted by atomic mass is 9.99. The summed E-state index contributed by atoms with van der Waals surface area (Å²) in [5, 5.41) is 18.4. The van der Waals surface area contributed by atoms with Gasteiger partial charge in [-0.2, -0.15) is 4.98 Å². The Labute approximate surface area is 103 Å². The van der Waals surface area contributed by atoms with Gasteiger partial charge in [-0.15, -0.1) is 0 Å². The quantitative estimate of drug-likeness (QED) is 0.826. The number of piperidine rings is 1. The average Bonchev–Trinajstić information content (AvgIpc) is 2.33. The molecule has 0 spiro atoms. The van der Waals surface area contributed by atoms with Crippen LogP contribution in [-0.4, -0.2) is 39.2 Å². The van der Waals surface area contributed by atoms with Crippen molar-refractivity contribution in [2.24, 2.45) is 5.92 Å². The first-order chi connectivity index (χ1) is 8.08. The topological polar surface area (TPSA) is 86.5 Å². The number of aromatic hydroxyl groups is 1. The Bertz CT molecular complexity index is 441. The molecule has 7 heteroatoms. The highest BCUT2D eigenvalue weighted by atomic mass is 35.5. The second-order valence-electron chi connectivity index (χ2n) is 3.96. The second kappa shape index (κ2) is 4.75. The molecule has 2 rings (SSSR count). The van der Waals surface area contributed by atoms with Gasteiger partial charge in [-0.1, -0.05) is 11.6 Å². The number of carboxylic acids is 1. The van der Waals surface area contributed by atoms with Crippen LogP contribution in [0, 0.1) is 5.92 Å². The first-order valence-electron chi connectivity index (χ1n) is 5.27. The molecular weight excluding hydrogens is 246 g/mol. The van der Waals surface area contributed by atoms with Crippen molar-refractivity contribution in [3.8, 4) is 5.88 Å². The minimum atomic E-state index is -0.812. The van der Waals surface area contributed by atoms with E-state index in [9.17, 15) is 9.90 Å². The molecule has 0 bridgehead atoms. The van der Waals surface area contributed by atoms with E-state index in [2.05, 4.69) is 9.97 Å². The van der Waals surface area contributed by atoms with Crippen molar-refractivity contribution >= 4 is 23.5 Å². The van der Waals surface area contributed by atoms with Crippen molar-refractivity contribution in [3.05, 3.63) is 11.2 Å². The van der Waals surface area contributed by atoms with Crippen LogP contribution < -0.4 is 4.90 Å². The number of anilines is 1. The molecule has 1 aromatic rings. The lowest BCUT2D eigenvalue weighted by Crippen LogP contribution is -2.39. The van der Waals surface area contributed by atoms with Gasteiger partial charge in [0.25, 0.3) is 0 Å². The molecule has 0 radical (unpaired) electrons. The number of rotatable bonds is 2. The second-order valence-corrected chi connectivity index (χ2v) is 4.37. The molecule has 2 N–H and O–H groups in total. The monoisotopic (exact) mass is 257 g/mol. The van der Waals surface area contributed by atoms with E-state index in [4.69, 9.17) is 16.7 Å². The van der Waals surface area contributed by atoms with Gasteiger partial charge in [0.1, 0.15) is 5.02 Å². The maximum absolute atomic E-state index is 10.9. The molecule has 1 aliphatic rings. The number of aromatic nitrogens is 2. The van der Waals surface area contributed by atoms with Crippen LogP contribution >= 0.6 is 11.6 Å². The lowest BCUT2D eigenvalue weighted by molar-refractivity contribution is -0.141. The van der Waals surface area contributed by atoms with Crippen molar-refractivity contribution in [2.75, 3.05) is 18.0 Å². The molecule has 0 amide bonds. The molecule has 2 heterocycles. The van der Waals surface area contributed by atoms with Crippen molar-refractivity contribution < 1.29 is 15.0 Å². The van der Waals surface area contributed by atoms with Gasteiger partial charge in [0.05, 0.1) is 12.1 Å². The largest absolute Gasteiger partial charge is 0.492 e. The normalized spacial score (nSPS) is 20.3. The zero-order chi connectivity index (χ0) is 12.4. The fraction of sp³-hybridized carbons (Fsp3) is 0.500. The summed E-state index contributed by atoms with van der Waals surface area (Å²) in [6, 6.07) is 0. The molecule has 0 aromatic carbocycles. The SMILES string of the molecule is O=C(O)[C@@H]1CCCN(c2ncc(Cl)c(O)n2)C1. The molecular formula is C10H12ClN3O3. The maximum atomic E-state index is 10.9. The number of carboxylic acid groups (broad SMARTS) is 1. The number of hydrogen-bond acceptors (Lipinski definition) is 5. The molecule has 0 aliphatic carbocycles. The van der Waals surface area contributed by atoms with Crippen molar-refractivity contribution in [1.29, 1.82) is 0 Å². The fourth-order valence-electron chi connectivity index (χ4n) is 1.86.